The molecule has 4 heterocycles. The van der Waals surface area contributed by atoms with Gasteiger partial charge in [0.1, 0.15) is 5.82 Å². The summed E-state index contributed by atoms with van der Waals surface area (Å²) in [4.78, 5) is 18.8. The molecule has 0 radical (unpaired) electrons. The molecule has 8 nitrogen and oxygen atoms in total. The van der Waals surface area contributed by atoms with E-state index >= 15 is 0 Å². The number of amides is 1. The molecule has 9 heteroatoms. The van der Waals surface area contributed by atoms with Gasteiger partial charge in [0.25, 0.3) is 5.91 Å². The molecule has 0 aromatic carbocycles. The lowest BCUT2D eigenvalue weighted by atomic mass is 9.73. The van der Waals surface area contributed by atoms with Crippen molar-refractivity contribution in [1.29, 1.82) is 0 Å². The number of ether oxygens (including phenoxy) is 1. The molecule has 1 N–H and O–H groups in total. The van der Waals surface area contributed by atoms with Crippen molar-refractivity contribution < 1.29 is 17.9 Å². The largest absolute Gasteiger partial charge is 0.370 e. The van der Waals surface area contributed by atoms with E-state index in [1.807, 2.05) is 19.0 Å². The summed E-state index contributed by atoms with van der Waals surface area (Å²) >= 11 is 0. The van der Waals surface area contributed by atoms with Gasteiger partial charge in [-0.15, -0.1) is 0 Å². The number of carbonyl (C=O) groups excluding carboxylic acids is 1. The van der Waals surface area contributed by atoms with Gasteiger partial charge in [-0.05, 0) is 25.0 Å². The second kappa shape index (κ2) is 6.42. The predicted molar refractivity (Wildman–Crippen MR) is 101 cm³/mol. The van der Waals surface area contributed by atoms with Crippen molar-refractivity contribution in [3.63, 3.8) is 0 Å². The second-order valence-corrected chi connectivity index (χ2v) is 10.0. The van der Waals surface area contributed by atoms with E-state index < -0.39 is 10.0 Å². The molecular formula is C18H26N4O4S. The van der Waals surface area contributed by atoms with Gasteiger partial charge in [-0.3, -0.25) is 4.79 Å². The number of sulfonamides is 1. The Morgan fingerprint density at radius 1 is 1.48 bits per heavy atom. The van der Waals surface area contributed by atoms with Crippen LogP contribution in [-0.2, 0) is 14.8 Å². The fraction of sp³-hybridized carbons (Fsp3) is 0.667. The maximum Gasteiger partial charge on any atom is 0.255 e. The molecule has 1 aromatic heterocycles. The van der Waals surface area contributed by atoms with Crippen molar-refractivity contribution in [3.8, 4) is 0 Å². The molecule has 148 valence electrons. The Morgan fingerprint density at radius 3 is 2.96 bits per heavy atom. The molecule has 2 bridgehead atoms. The number of hydrogen-bond acceptors (Lipinski definition) is 6. The Labute approximate surface area is 159 Å². The lowest BCUT2D eigenvalue weighted by Gasteiger charge is -2.29. The van der Waals surface area contributed by atoms with E-state index in [-0.39, 0.29) is 29.4 Å². The van der Waals surface area contributed by atoms with Crippen LogP contribution in [-0.4, -0.2) is 75.3 Å². The first kappa shape index (κ1) is 18.6. The molecule has 4 atom stereocenters. The molecule has 0 aliphatic carbocycles. The van der Waals surface area contributed by atoms with Crippen LogP contribution in [0.25, 0.3) is 0 Å². The SMILES string of the molecule is CN(C)c1ncccc1C(=O)NC[C@H]1[C@H]2CN(S(C)(=O)=O)C[C@]23CC[C@H]1O3. The minimum atomic E-state index is -3.23. The van der Waals surface area contributed by atoms with Gasteiger partial charge < -0.3 is 15.0 Å². The van der Waals surface area contributed by atoms with Crippen LogP contribution < -0.4 is 10.2 Å². The van der Waals surface area contributed by atoms with Crippen LogP contribution in [0.2, 0.25) is 0 Å². The number of carbonyl (C=O) groups is 1. The van der Waals surface area contributed by atoms with Gasteiger partial charge in [0, 0.05) is 51.8 Å². The molecule has 3 fully saturated rings. The van der Waals surface area contributed by atoms with E-state index in [4.69, 9.17) is 4.74 Å². The summed E-state index contributed by atoms with van der Waals surface area (Å²) < 4.78 is 31.7. The number of rotatable bonds is 5. The smallest absolute Gasteiger partial charge is 0.255 e. The number of anilines is 1. The Hall–Kier alpha value is -1.71. The maximum atomic E-state index is 12.7. The summed E-state index contributed by atoms with van der Waals surface area (Å²) in [6.45, 7) is 1.39. The van der Waals surface area contributed by atoms with E-state index in [1.165, 1.54) is 10.6 Å². The second-order valence-electron chi connectivity index (χ2n) is 8.06. The first-order valence-electron chi connectivity index (χ1n) is 9.25. The van der Waals surface area contributed by atoms with Gasteiger partial charge in [0.15, 0.2) is 0 Å². The van der Waals surface area contributed by atoms with Crippen molar-refractivity contribution in [2.24, 2.45) is 11.8 Å². The van der Waals surface area contributed by atoms with Crippen molar-refractivity contribution in [2.75, 3.05) is 44.9 Å². The van der Waals surface area contributed by atoms with Crippen molar-refractivity contribution in [3.05, 3.63) is 23.9 Å². The molecule has 3 saturated heterocycles. The molecule has 4 rings (SSSR count). The number of aromatic nitrogens is 1. The van der Waals surface area contributed by atoms with E-state index in [1.54, 1.807) is 18.3 Å². The summed E-state index contributed by atoms with van der Waals surface area (Å²) in [5.41, 5.74) is 0.164. The number of nitrogens with zero attached hydrogens (tertiary/aromatic N) is 3. The van der Waals surface area contributed by atoms with Crippen molar-refractivity contribution >= 4 is 21.7 Å². The Bertz CT molecular complexity index is 859. The third-order valence-electron chi connectivity index (χ3n) is 6.17. The molecule has 0 unspecified atom stereocenters. The Balaban J connectivity index is 1.47. The molecule has 1 aromatic rings. The zero-order valence-electron chi connectivity index (χ0n) is 15.9. The average molecular weight is 394 g/mol. The summed E-state index contributed by atoms with van der Waals surface area (Å²) in [7, 11) is 0.469. The summed E-state index contributed by atoms with van der Waals surface area (Å²) in [5, 5.41) is 3.03. The molecule has 0 saturated carbocycles. The molecular weight excluding hydrogens is 368 g/mol. The highest BCUT2D eigenvalue weighted by Crippen LogP contribution is 2.55. The fourth-order valence-electron chi connectivity index (χ4n) is 4.91. The van der Waals surface area contributed by atoms with Crippen LogP contribution in [0.5, 0.6) is 0 Å². The molecule has 1 spiro atoms. The summed E-state index contributed by atoms with van der Waals surface area (Å²) in [6, 6.07) is 3.51. The van der Waals surface area contributed by atoms with Crippen LogP contribution in [0.3, 0.4) is 0 Å². The molecule has 3 aliphatic rings. The highest BCUT2D eigenvalue weighted by molar-refractivity contribution is 7.88. The summed E-state index contributed by atoms with van der Waals surface area (Å²) in [5.74, 6) is 0.726. The third-order valence-corrected chi connectivity index (χ3v) is 7.39. The van der Waals surface area contributed by atoms with E-state index in [0.717, 1.165) is 12.8 Å². The van der Waals surface area contributed by atoms with Crippen LogP contribution in [0.4, 0.5) is 5.82 Å². The number of nitrogens with one attached hydrogen (secondary N) is 1. The quantitative estimate of drug-likeness (QED) is 0.773. The lowest BCUT2D eigenvalue weighted by Crippen LogP contribution is -2.42. The monoisotopic (exact) mass is 394 g/mol. The topological polar surface area (TPSA) is 91.8 Å². The average Bonchev–Trinajstić information content (AvgIpc) is 3.27. The lowest BCUT2D eigenvalue weighted by molar-refractivity contribution is 0.00801. The first-order chi connectivity index (χ1) is 12.7. The van der Waals surface area contributed by atoms with E-state index in [2.05, 4.69) is 10.3 Å². The van der Waals surface area contributed by atoms with Crippen LogP contribution >= 0.6 is 0 Å². The molecule has 3 aliphatic heterocycles. The number of pyridine rings is 1. The van der Waals surface area contributed by atoms with Gasteiger partial charge >= 0.3 is 0 Å². The van der Waals surface area contributed by atoms with Gasteiger partial charge in [0.05, 0.1) is 23.5 Å². The highest BCUT2D eigenvalue weighted by atomic mass is 32.2. The van der Waals surface area contributed by atoms with Gasteiger partial charge in [-0.25, -0.2) is 13.4 Å². The number of fused-ring (bicyclic) bond motifs is 1. The van der Waals surface area contributed by atoms with E-state index in [9.17, 15) is 13.2 Å². The molecule has 27 heavy (non-hydrogen) atoms. The minimum absolute atomic E-state index is 0.0965. The third kappa shape index (κ3) is 3.11. The first-order valence-corrected chi connectivity index (χ1v) is 11.1. The zero-order valence-corrected chi connectivity index (χ0v) is 16.7. The summed E-state index contributed by atoms with van der Waals surface area (Å²) in [6.07, 6.45) is 4.83. The Kier molecular flexibility index (Phi) is 4.44. The fourth-order valence-corrected chi connectivity index (χ4v) is 5.79. The number of hydrogen-bond donors (Lipinski definition) is 1. The standard InChI is InChI=1S/C18H26N4O4S/c1-21(2)16-12(5-4-8-19-16)17(23)20-9-13-14-10-22(27(3,24)25)11-18(14)7-6-15(13)26-18/h4-5,8,13-15H,6-7,9-11H2,1-3H3,(H,20,23)/t13-,14+,15+,18+/m0/s1. The maximum absolute atomic E-state index is 12.7. The van der Waals surface area contributed by atoms with Crippen LogP contribution in [0, 0.1) is 11.8 Å². The normalized spacial score (nSPS) is 32.5. The predicted octanol–water partition coefficient (Wildman–Crippen LogP) is 0.316. The highest BCUT2D eigenvalue weighted by Gasteiger charge is 2.63. The van der Waals surface area contributed by atoms with Crippen molar-refractivity contribution in [2.45, 2.75) is 24.5 Å². The van der Waals surface area contributed by atoms with E-state index in [0.29, 0.717) is 31.0 Å². The van der Waals surface area contributed by atoms with Crippen LogP contribution in [0.15, 0.2) is 18.3 Å². The van der Waals surface area contributed by atoms with Gasteiger partial charge in [-0.2, -0.15) is 4.31 Å². The Morgan fingerprint density at radius 2 is 2.26 bits per heavy atom. The van der Waals surface area contributed by atoms with Gasteiger partial charge in [0.2, 0.25) is 10.0 Å². The molecule has 1 amide bonds. The van der Waals surface area contributed by atoms with Crippen molar-refractivity contribution in [1.82, 2.24) is 14.6 Å². The zero-order chi connectivity index (χ0) is 19.4. The van der Waals surface area contributed by atoms with Crippen LogP contribution in [0.1, 0.15) is 23.2 Å². The van der Waals surface area contributed by atoms with Gasteiger partial charge in [-0.1, -0.05) is 0 Å². The minimum Gasteiger partial charge on any atom is -0.370 e.